The van der Waals surface area contributed by atoms with Gasteiger partial charge in [-0.1, -0.05) is 190 Å². The maximum atomic E-state index is 12.7. The summed E-state index contributed by atoms with van der Waals surface area (Å²) >= 11 is 24.5. The quantitative estimate of drug-likeness (QED) is 0.0323. The number of benzene rings is 4. The second-order valence-corrected chi connectivity index (χ2v) is 38.9. The van der Waals surface area contributed by atoms with Gasteiger partial charge >= 0.3 is 0 Å². The molecule has 0 radical (unpaired) electrons. The summed E-state index contributed by atoms with van der Waals surface area (Å²) in [7, 11) is 3.64. The molecule has 9 N–H and O–H groups in total. The number of carbonyl (C=O) groups excluding carboxylic acids is 5. The third-order valence-corrected chi connectivity index (χ3v) is 27.1. The smallest absolute Gasteiger partial charge is 0.267 e. The topological polar surface area (TPSA) is 344 Å². The third kappa shape index (κ3) is 25.2. The molecule has 0 bridgehead atoms. The molecular weight excluding hydrogens is 1790 g/mol. The lowest BCUT2D eigenvalue weighted by Gasteiger charge is -2.24. The monoisotopic (exact) mass is 1900 g/mol. The van der Waals surface area contributed by atoms with Crippen LogP contribution in [0.4, 0.5) is 0 Å². The first-order valence-electron chi connectivity index (χ1n) is 46.4. The van der Waals surface area contributed by atoms with Crippen LogP contribution >= 0.6 is 46.4 Å². The van der Waals surface area contributed by atoms with E-state index in [0.717, 1.165) is 161 Å². The molecule has 6 aromatic heterocycles. The lowest BCUT2D eigenvalue weighted by molar-refractivity contribution is -0.128. The van der Waals surface area contributed by atoms with E-state index in [0.29, 0.717) is 103 Å². The van der Waals surface area contributed by atoms with Crippen LogP contribution in [0.2, 0.25) is 20.1 Å². The van der Waals surface area contributed by atoms with E-state index in [1.165, 1.54) is 17.2 Å². The largest absolute Gasteiger partial charge is 0.506 e. The molecule has 5 atom stereocenters. The number of hydrogen-bond donors (Lipinski definition) is 9. The summed E-state index contributed by atoms with van der Waals surface area (Å²) in [5.74, 6) is 2.69. The van der Waals surface area contributed by atoms with E-state index in [9.17, 15) is 53.1 Å². The highest BCUT2D eigenvalue weighted by Crippen LogP contribution is 2.43. The average Bonchev–Trinajstić information content (AvgIpc) is 1.76. The van der Waals surface area contributed by atoms with E-state index in [2.05, 4.69) is 141 Å². The summed E-state index contributed by atoms with van der Waals surface area (Å²) < 4.78 is 11.5. The van der Waals surface area contributed by atoms with Gasteiger partial charge in [0.1, 0.15) is 27.6 Å². The highest BCUT2D eigenvalue weighted by atomic mass is 35.5. The van der Waals surface area contributed by atoms with Crippen molar-refractivity contribution < 1.29 is 38.6 Å². The van der Waals surface area contributed by atoms with Crippen LogP contribution in [0.1, 0.15) is 258 Å². The molecule has 24 nitrogen and oxygen atoms in total. The average molecular weight is 1900 g/mol. The Morgan fingerprint density at radius 3 is 1.10 bits per heavy atom. The number of nitrogens with zero attached hydrogens (tertiary/aromatic N) is 3. The minimum atomic E-state index is -0.317. The summed E-state index contributed by atoms with van der Waals surface area (Å²) in [4.78, 5) is 142. The van der Waals surface area contributed by atoms with Crippen LogP contribution in [-0.4, -0.2) is 138 Å². The predicted octanol–water partition coefficient (Wildman–Crippen LogP) is 18.4. The minimum absolute atomic E-state index is 0.00140. The fourth-order valence-corrected chi connectivity index (χ4v) is 18.1. The predicted molar refractivity (Wildman–Crippen MR) is 531 cm³/mol. The Morgan fingerprint density at radius 2 is 0.756 bits per heavy atom. The lowest BCUT2D eigenvalue weighted by Crippen LogP contribution is -2.27. The summed E-state index contributed by atoms with van der Waals surface area (Å²) in [6.07, 6.45) is 28.2. The number of likely N-dealkylation sites (tertiary alicyclic amines) is 2. The Morgan fingerprint density at radius 1 is 0.400 bits per heavy atom. The van der Waals surface area contributed by atoms with Gasteiger partial charge in [0.25, 0.3) is 27.8 Å². The molecule has 6 saturated heterocycles. The number of hydrogen-bond acceptors (Lipinski definition) is 14. The van der Waals surface area contributed by atoms with Crippen molar-refractivity contribution in [2.75, 3.05) is 27.3 Å². The molecule has 3 aliphatic carbocycles. The van der Waals surface area contributed by atoms with Gasteiger partial charge in [0, 0.05) is 163 Å². The molecule has 4 aromatic carbocycles. The number of amides is 5. The number of aromatic hydroxyl groups is 1. The Hall–Kier alpha value is -12.5. The molecule has 12 heterocycles. The highest BCUT2D eigenvalue weighted by Gasteiger charge is 2.34. The molecule has 135 heavy (non-hydrogen) atoms. The molecule has 6 aliphatic heterocycles. The molecule has 9 fully saturated rings. The van der Waals surface area contributed by atoms with Crippen molar-refractivity contribution in [2.24, 2.45) is 0 Å². The number of phenols is 1. The van der Waals surface area contributed by atoms with Crippen LogP contribution in [0, 0.1) is 0 Å². The van der Waals surface area contributed by atoms with E-state index >= 15 is 0 Å². The molecule has 3 saturated carbocycles. The number of aromatic amines is 5. The Labute approximate surface area is 803 Å². The van der Waals surface area contributed by atoms with Crippen LogP contribution in [0.15, 0.2) is 224 Å². The van der Waals surface area contributed by atoms with Gasteiger partial charge in [0.05, 0.1) is 35.3 Å². The second kappa shape index (κ2) is 43.5. The summed E-state index contributed by atoms with van der Waals surface area (Å²) in [5.41, 5.74) is 16.8. The zero-order valence-electron chi connectivity index (χ0n) is 76.7. The van der Waals surface area contributed by atoms with Gasteiger partial charge in [-0.3, -0.25) is 52.9 Å². The molecular formula is C107H113Cl4N11O13. The first-order chi connectivity index (χ1) is 64.8. The third-order valence-electron chi connectivity index (χ3n) is 25.9. The van der Waals surface area contributed by atoms with Gasteiger partial charge in [-0.15, -0.1) is 0 Å². The van der Waals surface area contributed by atoms with Crippen molar-refractivity contribution in [2.45, 2.75) is 216 Å². The van der Waals surface area contributed by atoms with E-state index in [4.69, 9.17) is 55.9 Å². The van der Waals surface area contributed by atoms with Gasteiger partial charge < -0.3 is 65.3 Å². The summed E-state index contributed by atoms with van der Waals surface area (Å²) in [5, 5.41) is 19.6. The van der Waals surface area contributed by atoms with E-state index in [1.807, 2.05) is 111 Å². The maximum Gasteiger partial charge on any atom is 0.267 e. The molecule has 19 rings (SSSR count). The molecule has 28 heteroatoms. The number of ether oxygens (including phenoxy) is 2. The van der Waals surface area contributed by atoms with Gasteiger partial charge in [0.15, 0.2) is 0 Å². The van der Waals surface area contributed by atoms with Crippen LogP contribution in [-0.2, 0) is 34.1 Å². The summed E-state index contributed by atoms with van der Waals surface area (Å²) in [6, 6.07) is 49.4. The number of H-pyrrole nitrogens is 5. The Balaban J connectivity index is 0.000000129. The van der Waals surface area contributed by atoms with Crippen molar-refractivity contribution in [1.29, 1.82) is 0 Å². The number of halogens is 4. The first-order valence-corrected chi connectivity index (χ1v) is 48.0. The van der Waals surface area contributed by atoms with E-state index < -0.39 is 0 Å². The van der Waals surface area contributed by atoms with E-state index in [1.54, 1.807) is 46.5 Å². The normalized spacial score (nSPS) is 20.0. The molecule has 9 aliphatic rings. The SMILES string of the molecule is CC(C)c1ccc(/C(=C\[C@H]2CCC(=O)N2C)c2ccc(Cl)c(=O)[nH]2)cc1.CN1C(=O)CC[C@@H]1/C=C(\c1ccc(C(C)(C)C)cc1)c1ccc(Cl)c(=O)[nH]1.O=C1CC[C@H](/C=C(\c2ccc(O)c(Cl)c2)c2ccc(C3CC3)c(=O)[nH]2)N1.O=C1CC[C@H](/C=C(\c2ccc(OC3CCOCC3)c(Cl)c2)c2ccc(C3CC3)c(=O)[nH]2)N1.O=C1CC[C@H](/C=C(\c2ccncc2)c2ccc(C3CC3)c(=O)[nH]2)N1. The van der Waals surface area contributed by atoms with Crippen molar-refractivity contribution in [3.05, 3.63) is 356 Å². The first kappa shape index (κ1) is 97.1. The minimum Gasteiger partial charge on any atom is -0.506 e. The standard InChI is InChI=1S/C25H27ClN2O4.C22H25ClN2O2.C21H23ClN2O2.C20H19ClN2O3.C19H19N3O2/c26-21-13-16(3-7-23(21)32-18-9-11-31-12-10-18)20(14-17-4-8-24(29)27-17)22-6-5-19(15-1-2-15)25(30)28-22;1-22(2,3)15-7-5-14(6-8-15)17(13-16-9-12-20(26)25(16)4)19-11-10-18(23)21(27)24-19;1-13(2)14-4-6-15(7-5-14)17(12-16-8-11-20(25)24(16)3)19-10-9-18(22)21(26)23-19;21-16-9-12(3-7-18(16)24)15(10-13-4-8-19(25)22-13)17-6-5-14(11-1-2-11)20(26)23-17;23-18-6-3-14(21-18)11-16(13-7-9-20-10-8-13)17-5-4-15(12-1-2-12)19(24)22-17/h3,5-7,13-15,17-18H,1-2,4,8-12H2,(H,27,29)(H,28,30);5-8,10-11,13,16H,9,12H2,1-4H3,(H,24,27);4-7,9-10,12-13,16H,8,11H2,1-3H3,(H,23,26);3,5-7,9-11,13,24H,1-2,4,8H2,(H,22,25)(H,23,26);4-5,7-12,14H,1-3,6H2,(H,21,23)(H,22,24)/b20-14+;17-13+;17-12+;15-10+;16-11+/t17-;2*16-;13-;14-/m11111/s1. The number of likely N-dealkylation sites (N-methyl/N-ethyl adjacent to an activating group) is 2. The second-order valence-electron chi connectivity index (χ2n) is 37.2. The van der Waals surface area contributed by atoms with Gasteiger partial charge in [-0.2, -0.15) is 0 Å². The maximum absolute atomic E-state index is 12.7. The number of aromatic nitrogens is 6. The molecule has 5 amide bonds. The fourth-order valence-electron chi connectivity index (χ4n) is 17.5. The zero-order chi connectivity index (χ0) is 95.5. The lowest BCUT2D eigenvalue weighted by atomic mass is 9.86. The number of pyridine rings is 6. The summed E-state index contributed by atoms with van der Waals surface area (Å²) in [6.45, 7) is 12.2. The number of nitrogens with one attached hydrogen (secondary N) is 8. The van der Waals surface area contributed by atoms with Crippen molar-refractivity contribution >= 4 is 104 Å². The van der Waals surface area contributed by atoms with E-state index in [-0.39, 0.29) is 120 Å². The number of carbonyl (C=O) groups is 5. The van der Waals surface area contributed by atoms with Gasteiger partial charge in [0.2, 0.25) is 29.5 Å². The van der Waals surface area contributed by atoms with Crippen molar-refractivity contribution in [3.63, 3.8) is 0 Å². The fraction of sp³-hybridized carbons (Fsp3) is 0.355. The van der Waals surface area contributed by atoms with Gasteiger partial charge in [-0.25, -0.2) is 0 Å². The Kier molecular flexibility index (Phi) is 31.3. The van der Waals surface area contributed by atoms with Crippen LogP contribution in [0.5, 0.6) is 11.5 Å². The van der Waals surface area contributed by atoms with Crippen molar-refractivity contribution in [1.82, 2.24) is 55.7 Å². The van der Waals surface area contributed by atoms with Crippen LogP contribution in [0.3, 0.4) is 0 Å². The highest BCUT2D eigenvalue weighted by molar-refractivity contribution is 6.33. The van der Waals surface area contributed by atoms with Crippen molar-refractivity contribution in [3.8, 4) is 11.5 Å². The van der Waals surface area contributed by atoms with Crippen LogP contribution in [0.25, 0.3) is 27.9 Å². The van der Waals surface area contributed by atoms with Gasteiger partial charge in [-0.05, 0) is 218 Å². The molecule has 10 aromatic rings. The Bertz CT molecular complexity index is 6570. The number of rotatable bonds is 21. The number of phenolic OH excluding ortho intramolecular Hbond substituents is 1. The zero-order valence-corrected chi connectivity index (χ0v) is 79.7. The molecule has 0 spiro atoms. The molecule has 702 valence electrons. The van der Waals surface area contributed by atoms with Crippen LogP contribution < -0.4 is 48.5 Å². The molecule has 0 unspecified atom stereocenters.